The second-order valence-electron chi connectivity index (χ2n) is 5.57. The summed E-state index contributed by atoms with van der Waals surface area (Å²) >= 11 is 0. The molecule has 6 heteroatoms. The average molecular weight is 320 g/mol. The van der Waals surface area contributed by atoms with Crippen molar-refractivity contribution in [2.24, 2.45) is 11.1 Å². The van der Waals surface area contributed by atoms with Crippen LogP contribution in [0.2, 0.25) is 0 Å². The zero-order valence-electron chi connectivity index (χ0n) is 13.6. The lowest BCUT2D eigenvalue weighted by atomic mass is 9.81. The van der Waals surface area contributed by atoms with Crippen LogP contribution in [-0.4, -0.2) is 54.3 Å². The van der Waals surface area contributed by atoms with Crippen molar-refractivity contribution in [3.8, 4) is 0 Å². The third-order valence-corrected chi connectivity index (χ3v) is 4.64. The Balaban J connectivity index is 0.00000400. The normalized spacial score (nSPS) is 16.2. The predicted octanol–water partition coefficient (Wildman–Crippen LogP) is 1.64. The summed E-state index contributed by atoms with van der Waals surface area (Å²) in [5.74, 6) is 0.339. The molecule has 0 bridgehead atoms. The number of hydrogen-bond donors (Lipinski definition) is 1. The number of halogens is 1. The smallest absolute Gasteiger partial charge is 0.230 e. The lowest BCUT2D eigenvalue weighted by Crippen LogP contribution is -2.48. The van der Waals surface area contributed by atoms with Gasteiger partial charge in [-0.3, -0.25) is 9.59 Å². The Morgan fingerprint density at radius 2 is 1.52 bits per heavy atom. The maximum Gasteiger partial charge on any atom is 0.230 e. The van der Waals surface area contributed by atoms with Gasteiger partial charge in [0, 0.05) is 39.1 Å². The van der Waals surface area contributed by atoms with Gasteiger partial charge in [-0.1, -0.05) is 20.8 Å². The van der Waals surface area contributed by atoms with Crippen molar-refractivity contribution < 1.29 is 9.59 Å². The van der Waals surface area contributed by atoms with Crippen LogP contribution in [0, 0.1) is 5.41 Å². The van der Waals surface area contributed by atoms with Crippen molar-refractivity contribution in [3.05, 3.63) is 0 Å². The largest absolute Gasteiger partial charge is 0.341 e. The molecule has 124 valence electrons. The Morgan fingerprint density at radius 3 is 2.00 bits per heavy atom. The number of nitrogens with zero attached hydrogens (tertiary/aromatic N) is 2. The highest BCUT2D eigenvalue weighted by molar-refractivity contribution is 5.85. The minimum Gasteiger partial charge on any atom is -0.341 e. The van der Waals surface area contributed by atoms with E-state index in [0.717, 1.165) is 32.4 Å². The molecule has 0 unspecified atom stereocenters. The van der Waals surface area contributed by atoms with Gasteiger partial charge in [-0.2, -0.15) is 0 Å². The average Bonchev–Trinajstić information content (AvgIpc) is 2.74. The zero-order valence-corrected chi connectivity index (χ0v) is 14.4. The molecule has 1 heterocycles. The van der Waals surface area contributed by atoms with Crippen LogP contribution >= 0.6 is 12.4 Å². The van der Waals surface area contributed by atoms with Gasteiger partial charge in [0.1, 0.15) is 0 Å². The van der Waals surface area contributed by atoms with Gasteiger partial charge in [0.15, 0.2) is 0 Å². The van der Waals surface area contributed by atoms with E-state index in [0.29, 0.717) is 26.1 Å². The summed E-state index contributed by atoms with van der Waals surface area (Å²) in [5, 5.41) is 0. The summed E-state index contributed by atoms with van der Waals surface area (Å²) in [5.41, 5.74) is 5.43. The molecule has 5 nitrogen and oxygen atoms in total. The van der Waals surface area contributed by atoms with Gasteiger partial charge < -0.3 is 15.5 Å². The Hall–Kier alpha value is -0.810. The van der Waals surface area contributed by atoms with E-state index in [-0.39, 0.29) is 24.2 Å². The third-order valence-electron chi connectivity index (χ3n) is 4.64. The predicted molar refractivity (Wildman–Crippen MR) is 87.4 cm³/mol. The molecule has 21 heavy (non-hydrogen) atoms. The monoisotopic (exact) mass is 319 g/mol. The van der Waals surface area contributed by atoms with Gasteiger partial charge in [-0.05, 0) is 19.3 Å². The number of amides is 2. The number of hydrogen-bond acceptors (Lipinski definition) is 3. The minimum absolute atomic E-state index is 0. The van der Waals surface area contributed by atoms with Gasteiger partial charge >= 0.3 is 0 Å². The summed E-state index contributed by atoms with van der Waals surface area (Å²) < 4.78 is 0. The maximum absolute atomic E-state index is 12.8. The molecule has 1 aliphatic rings. The Morgan fingerprint density at radius 1 is 1.00 bits per heavy atom. The summed E-state index contributed by atoms with van der Waals surface area (Å²) in [6, 6.07) is 0. The van der Waals surface area contributed by atoms with Gasteiger partial charge in [0.2, 0.25) is 11.8 Å². The highest BCUT2D eigenvalue weighted by Crippen LogP contribution is 2.28. The zero-order chi connectivity index (χ0) is 15.2. The van der Waals surface area contributed by atoms with E-state index in [1.54, 1.807) is 0 Å². The first-order valence-corrected chi connectivity index (χ1v) is 7.81. The summed E-state index contributed by atoms with van der Waals surface area (Å²) in [6.45, 7) is 9.09. The van der Waals surface area contributed by atoms with E-state index < -0.39 is 5.41 Å². The fourth-order valence-electron chi connectivity index (χ4n) is 2.86. The number of nitrogens with two attached hydrogens (primary N) is 1. The van der Waals surface area contributed by atoms with Crippen molar-refractivity contribution in [3.63, 3.8) is 0 Å². The third kappa shape index (κ3) is 4.58. The molecular weight excluding hydrogens is 290 g/mol. The van der Waals surface area contributed by atoms with Crippen molar-refractivity contribution in [1.29, 1.82) is 0 Å². The summed E-state index contributed by atoms with van der Waals surface area (Å²) in [7, 11) is 0. The first kappa shape index (κ1) is 20.2. The van der Waals surface area contributed by atoms with Crippen LogP contribution in [0.4, 0.5) is 0 Å². The molecule has 0 aliphatic carbocycles. The van der Waals surface area contributed by atoms with E-state index in [1.165, 1.54) is 0 Å². The van der Waals surface area contributed by atoms with E-state index >= 15 is 0 Å². The Kier molecular flexibility index (Phi) is 8.90. The molecule has 0 atom stereocenters. The lowest BCUT2D eigenvalue weighted by molar-refractivity contribution is -0.142. The highest BCUT2D eigenvalue weighted by atomic mass is 35.5. The fourth-order valence-corrected chi connectivity index (χ4v) is 2.86. The minimum atomic E-state index is -0.427. The summed E-state index contributed by atoms with van der Waals surface area (Å²) in [6.07, 6.45) is 2.93. The number of rotatable bonds is 5. The van der Waals surface area contributed by atoms with Gasteiger partial charge in [0.05, 0.1) is 5.41 Å². The maximum atomic E-state index is 12.8. The second-order valence-corrected chi connectivity index (χ2v) is 5.57. The van der Waals surface area contributed by atoms with E-state index in [9.17, 15) is 9.59 Å². The Labute approximate surface area is 134 Å². The molecule has 2 N–H and O–H groups in total. The standard InChI is InChI=1S/C15H29N3O2.ClH/c1-4-13(19)17-8-7-9-18(11-10-17)14(20)15(5-2,6-3)12-16;/h4-12,16H2,1-3H3;1H. The Bertz CT molecular complexity index is 338. The van der Waals surface area contributed by atoms with Gasteiger partial charge in [0.25, 0.3) is 0 Å². The number of carbonyl (C=O) groups excluding carboxylic acids is 2. The van der Waals surface area contributed by atoms with Crippen LogP contribution in [0.25, 0.3) is 0 Å². The summed E-state index contributed by atoms with van der Waals surface area (Å²) in [4.78, 5) is 28.3. The SMILES string of the molecule is CCC(=O)N1CCCN(C(=O)C(CC)(CC)CN)CC1.Cl. The van der Waals surface area contributed by atoms with Crippen molar-refractivity contribution >= 4 is 24.2 Å². The van der Waals surface area contributed by atoms with E-state index in [1.807, 2.05) is 30.6 Å². The van der Waals surface area contributed by atoms with Crippen LogP contribution in [0.3, 0.4) is 0 Å². The fraction of sp³-hybridized carbons (Fsp3) is 0.867. The molecular formula is C15H30ClN3O2. The molecule has 0 radical (unpaired) electrons. The van der Waals surface area contributed by atoms with Crippen LogP contribution in [0.5, 0.6) is 0 Å². The van der Waals surface area contributed by atoms with Crippen LogP contribution < -0.4 is 5.73 Å². The molecule has 1 rings (SSSR count). The molecule has 0 aromatic carbocycles. The molecule has 0 aromatic rings. The molecule has 0 aromatic heterocycles. The first-order valence-electron chi connectivity index (χ1n) is 7.81. The molecule has 0 spiro atoms. The molecule has 0 saturated carbocycles. The molecule has 1 saturated heterocycles. The van der Waals surface area contributed by atoms with E-state index in [2.05, 4.69) is 0 Å². The second kappa shape index (κ2) is 9.26. The molecule has 2 amide bonds. The molecule has 1 aliphatic heterocycles. The van der Waals surface area contributed by atoms with Crippen molar-refractivity contribution in [1.82, 2.24) is 9.80 Å². The van der Waals surface area contributed by atoms with Gasteiger partial charge in [-0.15, -0.1) is 12.4 Å². The topological polar surface area (TPSA) is 66.6 Å². The lowest BCUT2D eigenvalue weighted by Gasteiger charge is -2.34. The van der Waals surface area contributed by atoms with Crippen molar-refractivity contribution in [2.45, 2.75) is 46.5 Å². The highest BCUT2D eigenvalue weighted by Gasteiger charge is 2.37. The quantitative estimate of drug-likeness (QED) is 0.837. The number of carbonyl (C=O) groups is 2. The van der Waals surface area contributed by atoms with Crippen LogP contribution in [0.15, 0.2) is 0 Å². The molecule has 1 fully saturated rings. The van der Waals surface area contributed by atoms with Crippen LogP contribution in [-0.2, 0) is 9.59 Å². The van der Waals surface area contributed by atoms with Crippen LogP contribution in [0.1, 0.15) is 46.5 Å². The van der Waals surface area contributed by atoms with Crippen molar-refractivity contribution in [2.75, 3.05) is 32.7 Å². The van der Waals surface area contributed by atoms with E-state index in [4.69, 9.17) is 5.73 Å². The first-order chi connectivity index (χ1) is 9.54. The van der Waals surface area contributed by atoms with Gasteiger partial charge in [-0.25, -0.2) is 0 Å².